The molecule has 6 nitrogen and oxygen atoms in total. The van der Waals surface area contributed by atoms with Gasteiger partial charge in [-0.1, -0.05) is 23.7 Å². The fourth-order valence-corrected chi connectivity index (χ4v) is 4.59. The van der Waals surface area contributed by atoms with Gasteiger partial charge in [-0.15, -0.1) is 0 Å². The summed E-state index contributed by atoms with van der Waals surface area (Å²) >= 11 is 5.89. The Morgan fingerprint density at radius 3 is 2.39 bits per heavy atom. The van der Waals surface area contributed by atoms with Crippen LogP contribution < -0.4 is 10.1 Å². The lowest BCUT2D eigenvalue weighted by atomic mass is 10.1. The summed E-state index contributed by atoms with van der Waals surface area (Å²) in [7, 11) is -2.27. The standard InChI is InChI=1S/C25H27ClN2O4S/c1-5-32-24-13-8-19(25(29)27-23-14-17(2)6-7-18(23)3)15-20(24)16-28(4)33(30,31)22-11-9-21(26)10-12-22/h6-15H,5,16H2,1-4H3,(H,27,29). The summed E-state index contributed by atoms with van der Waals surface area (Å²) in [6.45, 7) is 6.18. The van der Waals surface area contributed by atoms with Crippen LogP contribution in [0.2, 0.25) is 5.02 Å². The summed E-state index contributed by atoms with van der Waals surface area (Å²) in [6, 6.07) is 16.9. The first-order chi connectivity index (χ1) is 15.6. The lowest BCUT2D eigenvalue weighted by molar-refractivity contribution is 0.102. The fraction of sp³-hybridized carbons (Fsp3) is 0.240. The zero-order chi connectivity index (χ0) is 24.2. The van der Waals surface area contributed by atoms with Gasteiger partial charge in [0.2, 0.25) is 10.0 Å². The second-order valence-corrected chi connectivity index (χ2v) is 10.2. The summed E-state index contributed by atoms with van der Waals surface area (Å²) < 4.78 is 32.9. The number of rotatable bonds is 8. The van der Waals surface area contributed by atoms with Crippen LogP contribution in [0.4, 0.5) is 5.69 Å². The molecule has 0 atom stereocenters. The highest BCUT2D eigenvalue weighted by Gasteiger charge is 2.23. The summed E-state index contributed by atoms with van der Waals surface area (Å²) in [6.07, 6.45) is 0. The van der Waals surface area contributed by atoms with Crippen LogP contribution in [0.3, 0.4) is 0 Å². The average molecular weight is 487 g/mol. The van der Waals surface area contributed by atoms with E-state index >= 15 is 0 Å². The molecule has 3 aromatic rings. The van der Waals surface area contributed by atoms with Crippen molar-refractivity contribution in [1.29, 1.82) is 0 Å². The minimum Gasteiger partial charge on any atom is -0.494 e. The molecule has 0 spiro atoms. The highest BCUT2D eigenvalue weighted by atomic mass is 35.5. The van der Waals surface area contributed by atoms with Crippen molar-refractivity contribution in [3.8, 4) is 5.75 Å². The molecule has 0 saturated heterocycles. The number of amides is 1. The molecule has 0 fully saturated rings. The molecule has 0 radical (unpaired) electrons. The second-order valence-electron chi connectivity index (χ2n) is 7.74. The van der Waals surface area contributed by atoms with E-state index in [1.807, 2.05) is 39.0 Å². The Kier molecular flexibility index (Phi) is 7.79. The molecule has 0 unspecified atom stereocenters. The molecular weight excluding hydrogens is 460 g/mol. The predicted molar refractivity (Wildman–Crippen MR) is 132 cm³/mol. The molecule has 1 amide bonds. The molecule has 174 valence electrons. The number of sulfonamides is 1. The average Bonchev–Trinajstić information content (AvgIpc) is 2.77. The van der Waals surface area contributed by atoms with E-state index in [-0.39, 0.29) is 17.3 Å². The number of hydrogen-bond acceptors (Lipinski definition) is 4. The minimum atomic E-state index is -3.76. The SMILES string of the molecule is CCOc1ccc(C(=O)Nc2cc(C)ccc2C)cc1CN(C)S(=O)(=O)c1ccc(Cl)cc1. The van der Waals surface area contributed by atoms with Crippen LogP contribution in [-0.4, -0.2) is 32.3 Å². The zero-order valence-corrected chi connectivity index (χ0v) is 20.6. The minimum absolute atomic E-state index is 0.0326. The van der Waals surface area contributed by atoms with Crippen molar-refractivity contribution < 1.29 is 17.9 Å². The van der Waals surface area contributed by atoms with Gasteiger partial charge in [0.15, 0.2) is 0 Å². The monoisotopic (exact) mass is 486 g/mol. The largest absolute Gasteiger partial charge is 0.494 e. The maximum atomic E-state index is 13.0. The van der Waals surface area contributed by atoms with Gasteiger partial charge < -0.3 is 10.1 Å². The Morgan fingerprint density at radius 1 is 1.03 bits per heavy atom. The third-order valence-corrected chi connectivity index (χ3v) is 7.25. The number of carbonyl (C=O) groups excluding carboxylic acids is 1. The molecule has 1 N–H and O–H groups in total. The van der Waals surface area contributed by atoms with Gasteiger partial charge in [0.05, 0.1) is 11.5 Å². The van der Waals surface area contributed by atoms with E-state index in [0.29, 0.717) is 28.5 Å². The number of hydrogen-bond donors (Lipinski definition) is 1. The highest BCUT2D eigenvalue weighted by molar-refractivity contribution is 7.89. The van der Waals surface area contributed by atoms with Crippen molar-refractivity contribution in [2.45, 2.75) is 32.2 Å². The van der Waals surface area contributed by atoms with Crippen molar-refractivity contribution in [2.24, 2.45) is 0 Å². The number of anilines is 1. The summed E-state index contributed by atoms with van der Waals surface area (Å²) in [5.41, 5.74) is 3.72. The number of ether oxygens (including phenoxy) is 1. The molecule has 0 saturated carbocycles. The van der Waals surface area contributed by atoms with Gasteiger partial charge in [-0.05, 0) is 80.4 Å². The van der Waals surface area contributed by atoms with Crippen molar-refractivity contribution in [3.63, 3.8) is 0 Å². The maximum Gasteiger partial charge on any atom is 0.255 e. The molecule has 0 aromatic heterocycles. The quantitative estimate of drug-likeness (QED) is 0.460. The molecule has 0 aliphatic carbocycles. The Hall–Kier alpha value is -2.87. The normalized spacial score (nSPS) is 11.5. The predicted octanol–water partition coefficient (Wildman–Crippen LogP) is 5.43. The van der Waals surface area contributed by atoms with Crippen LogP contribution in [0.15, 0.2) is 65.6 Å². The second kappa shape index (κ2) is 10.4. The Balaban J connectivity index is 1.89. The molecule has 8 heteroatoms. The lowest BCUT2D eigenvalue weighted by Crippen LogP contribution is -2.27. The molecule has 0 aliphatic heterocycles. The number of nitrogens with one attached hydrogen (secondary N) is 1. The first-order valence-corrected chi connectivity index (χ1v) is 12.3. The molecular formula is C25H27ClN2O4S. The number of nitrogens with zero attached hydrogens (tertiary/aromatic N) is 1. The summed E-state index contributed by atoms with van der Waals surface area (Å²) in [5, 5.41) is 3.39. The number of aryl methyl sites for hydroxylation is 2. The van der Waals surface area contributed by atoms with Gasteiger partial charge in [-0.25, -0.2) is 8.42 Å². The van der Waals surface area contributed by atoms with Crippen LogP contribution >= 0.6 is 11.6 Å². The molecule has 0 aliphatic rings. The molecule has 0 heterocycles. The van der Waals surface area contributed by atoms with Crippen LogP contribution in [0.5, 0.6) is 5.75 Å². The van der Waals surface area contributed by atoms with E-state index in [4.69, 9.17) is 16.3 Å². The Labute approximate surface area is 200 Å². The molecule has 3 rings (SSSR count). The first-order valence-electron chi connectivity index (χ1n) is 10.5. The number of carbonyl (C=O) groups is 1. The van der Waals surface area contributed by atoms with Crippen LogP contribution in [0, 0.1) is 13.8 Å². The van der Waals surface area contributed by atoms with E-state index in [9.17, 15) is 13.2 Å². The maximum absolute atomic E-state index is 13.0. The lowest BCUT2D eigenvalue weighted by Gasteiger charge is -2.20. The molecule has 3 aromatic carbocycles. The summed E-state index contributed by atoms with van der Waals surface area (Å²) in [5.74, 6) is 0.246. The fourth-order valence-electron chi connectivity index (χ4n) is 3.32. The van der Waals surface area contributed by atoms with Crippen LogP contribution in [0.1, 0.15) is 34.0 Å². The van der Waals surface area contributed by atoms with E-state index in [1.165, 1.54) is 35.6 Å². The van der Waals surface area contributed by atoms with Gasteiger partial charge in [0.1, 0.15) is 5.75 Å². The number of halogens is 1. The zero-order valence-electron chi connectivity index (χ0n) is 19.1. The highest BCUT2D eigenvalue weighted by Crippen LogP contribution is 2.26. The van der Waals surface area contributed by atoms with Gasteiger partial charge in [0.25, 0.3) is 5.91 Å². The van der Waals surface area contributed by atoms with E-state index in [0.717, 1.165) is 16.8 Å². The van der Waals surface area contributed by atoms with Crippen molar-refractivity contribution in [3.05, 3.63) is 87.9 Å². The molecule has 0 bridgehead atoms. The van der Waals surface area contributed by atoms with Gasteiger partial charge in [0, 0.05) is 35.4 Å². The third kappa shape index (κ3) is 5.93. The van der Waals surface area contributed by atoms with E-state index in [1.54, 1.807) is 18.2 Å². The van der Waals surface area contributed by atoms with Gasteiger partial charge in [-0.3, -0.25) is 4.79 Å². The first kappa shape index (κ1) is 24.8. The van der Waals surface area contributed by atoms with E-state index in [2.05, 4.69) is 5.32 Å². The van der Waals surface area contributed by atoms with Crippen LogP contribution in [-0.2, 0) is 16.6 Å². The molecule has 33 heavy (non-hydrogen) atoms. The van der Waals surface area contributed by atoms with Crippen molar-refractivity contribution in [2.75, 3.05) is 19.0 Å². The van der Waals surface area contributed by atoms with Gasteiger partial charge >= 0.3 is 0 Å². The summed E-state index contributed by atoms with van der Waals surface area (Å²) in [4.78, 5) is 13.1. The third-order valence-electron chi connectivity index (χ3n) is 5.18. The van der Waals surface area contributed by atoms with Crippen molar-refractivity contribution >= 4 is 33.2 Å². The van der Waals surface area contributed by atoms with E-state index < -0.39 is 10.0 Å². The number of benzene rings is 3. The van der Waals surface area contributed by atoms with Gasteiger partial charge in [-0.2, -0.15) is 4.31 Å². The Morgan fingerprint density at radius 2 is 1.73 bits per heavy atom. The van der Waals surface area contributed by atoms with Crippen LogP contribution in [0.25, 0.3) is 0 Å². The topological polar surface area (TPSA) is 75.7 Å². The smallest absolute Gasteiger partial charge is 0.255 e. The van der Waals surface area contributed by atoms with Crippen molar-refractivity contribution in [1.82, 2.24) is 4.31 Å². The Bertz CT molecular complexity index is 1260.